The summed E-state index contributed by atoms with van der Waals surface area (Å²) in [5, 5.41) is 9.56. The van der Waals surface area contributed by atoms with E-state index in [0.29, 0.717) is 19.3 Å². The van der Waals surface area contributed by atoms with Crippen LogP contribution >= 0.6 is 0 Å². The van der Waals surface area contributed by atoms with Crippen LogP contribution in [0.4, 0.5) is 0 Å². The van der Waals surface area contributed by atoms with Gasteiger partial charge in [0.1, 0.15) is 6.61 Å². The summed E-state index contributed by atoms with van der Waals surface area (Å²) in [6, 6.07) is -0.606. The molecule has 0 saturated heterocycles. The molecule has 8 nitrogen and oxygen atoms in total. The second-order valence-corrected chi connectivity index (χ2v) is 14.2. The number of likely N-dealkylation sites (N-methyl/N-ethyl adjacent to an activating group) is 1. The van der Waals surface area contributed by atoms with Crippen molar-refractivity contribution in [3.05, 3.63) is 0 Å². The lowest BCUT2D eigenvalue weighted by Crippen LogP contribution is -2.50. The van der Waals surface area contributed by atoms with E-state index < -0.39 is 18.1 Å². The molecule has 0 amide bonds. The summed E-state index contributed by atoms with van der Waals surface area (Å²) in [5.41, 5.74) is 0. The first-order valence-electron chi connectivity index (χ1n) is 19.1. The molecule has 0 spiro atoms. The number of carbonyl (C=O) groups is 3. The first-order valence-corrected chi connectivity index (χ1v) is 19.1. The standard InChI is InChI=1S/C38H73NO7/c1-6-8-10-12-14-16-17-18-19-20-21-23-24-26-28-36(40)45-33-34(32-44-31-30-35(38(42)43)39(3,4)5)46-37(41)29-27-25-22-15-13-11-9-7-2/h34-35H,6-33H2,1-5H3/p+1. The monoisotopic (exact) mass is 657 g/mol. The van der Waals surface area contributed by atoms with Gasteiger partial charge in [0.15, 0.2) is 12.1 Å². The van der Waals surface area contributed by atoms with E-state index in [9.17, 15) is 19.5 Å². The molecule has 0 aromatic heterocycles. The van der Waals surface area contributed by atoms with Crippen molar-refractivity contribution >= 4 is 17.9 Å². The van der Waals surface area contributed by atoms with Crippen molar-refractivity contribution in [2.24, 2.45) is 0 Å². The SMILES string of the molecule is CCCCCCCCCCCCCCCCC(=O)OCC(COCCC(C(=O)O)[N+](C)(C)C)OC(=O)CCCCCCCCCC. The minimum Gasteiger partial charge on any atom is -0.477 e. The second-order valence-electron chi connectivity index (χ2n) is 14.2. The van der Waals surface area contributed by atoms with Crippen LogP contribution in [0.5, 0.6) is 0 Å². The molecule has 0 radical (unpaired) electrons. The zero-order valence-corrected chi connectivity index (χ0v) is 30.8. The molecule has 8 heteroatoms. The van der Waals surface area contributed by atoms with Gasteiger partial charge in [-0.25, -0.2) is 4.79 Å². The van der Waals surface area contributed by atoms with E-state index in [1.165, 1.54) is 103 Å². The molecule has 0 aromatic carbocycles. The van der Waals surface area contributed by atoms with Crippen LogP contribution < -0.4 is 0 Å². The summed E-state index contributed by atoms with van der Waals surface area (Å²) in [6.45, 7) is 4.71. The van der Waals surface area contributed by atoms with Crippen molar-refractivity contribution in [3.8, 4) is 0 Å². The number of carbonyl (C=O) groups excluding carboxylic acids is 2. The van der Waals surface area contributed by atoms with Crippen LogP contribution in [0.25, 0.3) is 0 Å². The number of nitrogens with zero attached hydrogens (tertiary/aromatic N) is 1. The van der Waals surface area contributed by atoms with Crippen LogP contribution in [-0.2, 0) is 28.6 Å². The average Bonchev–Trinajstić information content (AvgIpc) is 3.00. The van der Waals surface area contributed by atoms with Crippen molar-refractivity contribution in [1.29, 1.82) is 0 Å². The Labute approximate surface area is 283 Å². The van der Waals surface area contributed by atoms with Crippen molar-refractivity contribution in [1.82, 2.24) is 0 Å². The largest absolute Gasteiger partial charge is 0.477 e. The number of esters is 2. The van der Waals surface area contributed by atoms with Crippen LogP contribution in [0, 0.1) is 0 Å². The second kappa shape index (κ2) is 30.7. The highest BCUT2D eigenvalue weighted by Gasteiger charge is 2.31. The molecule has 0 bridgehead atoms. The van der Waals surface area contributed by atoms with Gasteiger partial charge in [-0.05, 0) is 12.8 Å². The molecular weight excluding hydrogens is 582 g/mol. The highest BCUT2D eigenvalue weighted by atomic mass is 16.6. The van der Waals surface area contributed by atoms with Crippen LogP contribution in [0.2, 0.25) is 0 Å². The van der Waals surface area contributed by atoms with Gasteiger partial charge in [0, 0.05) is 19.3 Å². The molecule has 2 atom stereocenters. The maximum Gasteiger partial charge on any atom is 0.362 e. The highest BCUT2D eigenvalue weighted by Crippen LogP contribution is 2.15. The van der Waals surface area contributed by atoms with Gasteiger partial charge in [-0.3, -0.25) is 9.59 Å². The summed E-state index contributed by atoms with van der Waals surface area (Å²) >= 11 is 0. The number of aliphatic carboxylic acids is 1. The van der Waals surface area contributed by atoms with Gasteiger partial charge in [-0.2, -0.15) is 0 Å². The zero-order valence-electron chi connectivity index (χ0n) is 30.8. The Hall–Kier alpha value is -1.67. The van der Waals surface area contributed by atoms with Crippen molar-refractivity contribution < 1.29 is 38.2 Å². The fourth-order valence-corrected chi connectivity index (χ4v) is 5.74. The third-order valence-electron chi connectivity index (χ3n) is 8.76. The Bertz CT molecular complexity index is 737. The summed E-state index contributed by atoms with van der Waals surface area (Å²) in [7, 11) is 5.52. The third kappa shape index (κ3) is 28.5. The number of carboxylic acid groups (broad SMARTS) is 1. The zero-order chi connectivity index (χ0) is 34.3. The van der Waals surface area contributed by atoms with E-state index in [-0.39, 0.29) is 36.2 Å². The van der Waals surface area contributed by atoms with E-state index in [0.717, 1.165) is 38.5 Å². The molecule has 0 saturated carbocycles. The lowest BCUT2D eigenvalue weighted by atomic mass is 10.0. The van der Waals surface area contributed by atoms with Gasteiger partial charge in [0.2, 0.25) is 0 Å². The smallest absolute Gasteiger partial charge is 0.362 e. The fourth-order valence-electron chi connectivity index (χ4n) is 5.74. The summed E-state index contributed by atoms with van der Waals surface area (Å²) < 4.78 is 17.2. The van der Waals surface area contributed by atoms with Crippen molar-refractivity contribution in [2.75, 3.05) is 41.0 Å². The Balaban J connectivity index is 4.33. The van der Waals surface area contributed by atoms with Gasteiger partial charge in [0.25, 0.3) is 0 Å². The number of ether oxygens (including phenoxy) is 3. The molecule has 2 unspecified atom stereocenters. The fraction of sp³-hybridized carbons (Fsp3) is 0.921. The van der Waals surface area contributed by atoms with E-state index >= 15 is 0 Å². The van der Waals surface area contributed by atoms with Crippen LogP contribution in [0.15, 0.2) is 0 Å². The number of rotatable bonds is 34. The van der Waals surface area contributed by atoms with Gasteiger partial charge >= 0.3 is 17.9 Å². The molecule has 46 heavy (non-hydrogen) atoms. The molecule has 0 aromatic rings. The minimum atomic E-state index is -0.873. The molecule has 0 aliphatic carbocycles. The Morgan fingerprint density at radius 1 is 0.565 bits per heavy atom. The topological polar surface area (TPSA) is 99.1 Å². The first kappa shape index (κ1) is 44.3. The number of carboxylic acids is 1. The predicted octanol–water partition coefficient (Wildman–Crippen LogP) is 9.41. The third-order valence-corrected chi connectivity index (χ3v) is 8.76. The number of hydrogen-bond donors (Lipinski definition) is 1. The molecule has 0 aliphatic rings. The van der Waals surface area contributed by atoms with E-state index in [4.69, 9.17) is 14.2 Å². The summed E-state index contributed by atoms with van der Waals surface area (Å²) in [5.74, 6) is -1.46. The Kier molecular flexibility index (Phi) is 29.5. The van der Waals surface area contributed by atoms with Crippen LogP contribution in [0.3, 0.4) is 0 Å². The normalized spacial score (nSPS) is 13.0. The Morgan fingerprint density at radius 2 is 0.957 bits per heavy atom. The number of quaternary nitrogens is 1. The van der Waals surface area contributed by atoms with Crippen LogP contribution in [-0.4, -0.2) is 80.6 Å². The van der Waals surface area contributed by atoms with Gasteiger partial charge in [-0.15, -0.1) is 0 Å². The molecule has 0 fully saturated rings. The maximum atomic E-state index is 12.6. The number of unbranched alkanes of at least 4 members (excludes halogenated alkanes) is 20. The van der Waals surface area contributed by atoms with Gasteiger partial charge in [-0.1, -0.05) is 142 Å². The molecular formula is C38H74NO7+. The average molecular weight is 657 g/mol. The predicted molar refractivity (Wildman–Crippen MR) is 188 cm³/mol. The maximum absolute atomic E-state index is 12.6. The molecule has 0 rings (SSSR count). The van der Waals surface area contributed by atoms with Crippen molar-refractivity contribution in [3.63, 3.8) is 0 Å². The highest BCUT2D eigenvalue weighted by molar-refractivity contribution is 5.72. The van der Waals surface area contributed by atoms with Gasteiger partial charge < -0.3 is 23.8 Å². The van der Waals surface area contributed by atoms with Crippen LogP contribution in [0.1, 0.15) is 174 Å². The molecule has 0 aliphatic heterocycles. The van der Waals surface area contributed by atoms with E-state index in [1.54, 1.807) is 0 Å². The van der Waals surface area contributed by atoms with Gasteiger partial charge in [0.05, 0.1) is 34.4 Å². The minimum absolute atomic E-state index is 0.0434. The lowest BCUT2D eigenvalue weighted by Gasteiger charge is -2.31. The summed E-state index contributed by atoms with van der Waals surface area (Å²) in [6.07, 6.45) is 27.2. The quantitative estimate of drug-likeness (QED) is 0.0418. The first-order chi connectivity index (χ1) is 22.1. The van der Waals surface area contributed by atoms with Crippen molar-refractivity contribution in [2.45, 2.75) is 187 Å². The molecule has 0 heterocycles. The summed E-state index contributed by atoms with van der Waals surface area (Å²) in [4.78, 5) is 36.6. The Morgan fingerprint density at radius 3 is 1.35 bits per heavy atom. The number of hydrogen-bond acceptors (Lipinski definition) is 6. The molecule has 1 N–H and O–H groups in total. The van der Waals surface area contributed by atoms with E-state index in [2.05, 4.69) is 13.8 Å². The molecule has 272 valence electrons. The van der Waals surface area contributed by atoms with E-state index in [1.807, 2.05) is 21.1 Å². The lowest BCUT2D eigenvalue weighted by molar-refractivity contribution is -0.887.